The number of aromatic carboxylic acids is 1. The van der Waals surface area contributed by atoms with Crippen LogP contribution in [0.5, 0.6) is 0 Å². The van der Waals surface area contributed by atoms with Crippen LogP contribution >= 0.6 is 11.8 Å². The molecule has 0 bridgehead atoms. The van der Waals surface area contributed by atoms with Crippen LogP contribution in [0.1, 0.15) is 29.1 Å². The lowest BCUT2D eigenvalue weighted by Crippen LogP contribution is -2.30. The smallest absolute Gasteiger partial charge is 0.335 e. The molecule has 3 N–H and O–H groups in total. The van der Waals surface area contributed by atoms with Crippen LogP contribution < -0.4 is 0 Å². The summed E-state index contributed by atoms with van der Waals surface area (Å²) in [5, 5.41) is 29.8. The van der Waals surface area contributed by atoms with Crippen molar-refractivity contribution in [2.75, 3.05) is 0 Å². The van der Waals surface area contributed by atoms with E-state index < -0.39 is 30.5 Å². The van der Waals surface area contributed by atoms with E-state index in [0.717, 1.165) is 5.56 Å². The topological polar surface area (TPSA) is 131 Å². The zero-order valence-corrected chi connectivity index (χ0v) is 15.7. The van der Waals surface area contributed by atoms with Crippen molar-refractivity contribution in [3.05, 3.63) is 48.0 Å². The number of hydrogen-bond acceptors (Lipinski definition) is 8. The molecule has 0 unspecified atom stereocenters. The first kappa shape index (κ1) is 18.8. The SMILES string of the molecule is C[C@H]1O[C@@H](n2cnc3c(SCc4ccc(C(=O)O)cc4)ncnc32)[C@H](O)[C@@H]1O. The van der Waals surface area contributed by atoms with Gasteiger partial charge in [0.1, 0.15) is 29.1 Å². The van der Waals surface area contributed by atoms with Crippen LogP contribution in [0.2, 0.25) is 0 Å². The second-order valence-electron chi connectivity index (χ2n) is 6.51. The molecule has 0 radical (unpaired) electrons. The first-order valence-corrected chi connectivity index (χ1v) is 9.58. The Morgan fingerprint density at radius 3 is 2.57 bits per heavy atom. The number of aliphatic hydroxyl groups is 2. The van der Waals surface area contributed by atoms with Gasteiger partial charge in [-0.05, 0) is 24.6 Å². The quantitative estimate of drug-likeness (QED) is 0.429. The van der Waals surface area contributed by atoms with Gasteiger partial charge in [-0.15, -0.1) is 0 Å². The van der Waals surface area contributed by atoms with Crippen LogP contribution in [-0.4, -0.2) is 59.1 Å². The Labute approximate surface area is 164 Å². The molecule has 146 valence electrons. The van der Waals surface area contributed by atoms with Gasteiger partial charge in [0.25, 0.3) is 0 Å². The number of nitrogens with zero attached hydrogens (tertiary/aromatic N) is 4. The molecule has 1 aliphatic rings. The third-order valence-electron chi connectivity index (χ3n) is 4.65. The molecule has 2 aromatic heterocycles. The second-order valence-corrected chi connectivity index (χ2v) is 7.47. The van der Waals surface area contributed by atoms with Crippen molar-refractivity contribution >= 4 is 28.9 Å². The number of thioether (sulfide) groups is 1. The molecule has 1 aliphatic heterocycles. The maximum atomic E-state index is 10.9. The number of rotatable bonds is 5. The fourth-order valence-electron chi connectivity index (χ4n) is 3.07. The largest absolute Gasteiger partial charge is 0.478 e. The van der Waals surface area contributed by atoms with Gasteiger partial charge >= 0.3 is 5.97 Å². The van der Waals surface area contributed by atoms with Crippen molar-refractivity contribution in [2.24, 2.45) is 0 Å². The van der Waals surface area contributed by atoms with Crippen molar-refractivity contribution in [3.63, 3.8) is 0 Å². The number of hydrogen-bond donors (Lipinski definition) is 3. The predicted octanol–water partition coefficient (Wildman–Crippen LogP) is 1.46. The molecule has 0 amide bonds. The number of benzene rings is 1. The van der Waals surface area contributed by atoms with E-state index in [2.05, 4.69) is 15.0 Å². The number of carbonyl (C=O) groups is 1. The first-order valence-electron chi connectivity index (χ1n) is 8.60. The molecule has 3 heterocycles. The number of fused-ring (bicyclic) bond motifs is 1. The molecule has 28 heavy (non-hydrogen) atoms. The van der Waals surface area contributed by atoms with Crippen molar-refractivity contribution in [2.45, 2.75) is 42.2 Å². The van der Waals surface area contributed by atoms with Gasteiger partial charge < -0.3 is 20.1 Å². The molecule has 0 spiro atoms. The van der Waals surface area contributed by atoms with E-state index in [4.69, 9.17) is 9.84 Å². The number of imidazole rings is 1. The molecule has 0 saturated carbocycles. The minimum absolute atomic E-state index is 0.239. The third kappa shape index (κ3) is 3.35. The lowest BCUT2D eigenvalue weighted by Gasteiger charge is -2.16. The highest BCUT2D eigenvalue weighted by Crippen LogP contribution is 2.33. The standard InChI is InChI=1S/C18H18N4O5S/c1-9-13(23)14(24)17(27-9)22-8-21-12-15(22)19-7-20-16(12)28-6-10-2-4-11(5-3-10)18(25)26/h2-5,7-9,13-14,17,23-24H,6H2,1H3,(H,25,26)/t9-,13-,14-,17-/m1/s1. The molecule has 9 nitrogen and oxygen atoms in total. The minimum Gasteiger partial charge on any atom is -0.478 e. The van der Waals surface area contributed by atoms with Gasteiger partial charge in [-0.25, -0.2) is 19.7 Å². The van der Waals surface area contributed by atoms with Crippen LogP contribution in [0, 0.1) is 0 Å². The highest BCUT2D eigenvalue weighted by Gasteiger charge is 2.42. The van der Waals surface area contributed by atoms with Gasteiger partial charge in [0.2, 0.25) is 0 Å². The summed E-state index contributed by atoms with van der Waals surface area (Å²) >= 11 is 1.45. The van der Waals surface area contributed by atoms with E-state index >= 15 is 0 Å². The number of aliphatic hydroxyl groups excluding tert-OH is 2. The average Bonchev–Trinajstić information content (AvgIpc) is 3.23. The molecule has 1 aromatic carbocycles. The average molecular weight is 402 g/mol. The Balaban J connectivity index is 1.56. The Hall–Kier alpha value is -2.53. The maximum Gasteiger partial charge on any atom is 0.335 e. The Kier molecular flexibility index (Phi) is 5.02. The molecular weight excluding hydrogens is 384 g/mol. The summed E-state index contributed by atoms with van der Waals surface area (Å²) in [6, 6.07) is 6.65. The normalized spacial score (nSPS) is 24.7. The molecule has 4 rings (SSSR count). The first-order chi connectivity index (χ1) is 13.5. The third-order valence-corrected chi connectivity index (χ3v) is 5.70. The summed E-state index contributed by atoms with van der Waals surface area (Å²) < 4.78 is 7.24. The zero-order valence-electron chi connectivity index (χ0n) is 14.8. The Morgan fingerprint density at radius 2 is 1.93 bits per heavy atom. The molecule has 4 atom stereocenters. The van der Waals surface area contributed by atoms with Crippen molar-refractivity contribution in [3.8, 4) is 0 Å². The number of carboxylic acids is 1. The van der Waals surface area contributed by atoms with Gasteiger partial charge in [0.15, 0.2) is 11.9 Å². The Bertz CT molecular complexity index is 1010. The van der Waals surface area contributed by atoms with Gasteiger partial charge in [-0.3, -0.25) is 4.57 Å². The summed E-state index contributed by atoms with van der Waals surface area (Å²) in [6.07, 6.45) is -0.396. The van der Waals surface area contributed by atoms with Crippen molar-refractivity contribution in [1.29, 1.82) is 0 Å². The second kappa shape index (κ2) is 7.47. The summed E-state index contributed by atoms with van der Waals surface area (Å²) in [5.41, 5.74) is 2.26. The summed E-state index contributed by atoms with van der Waals surface area (Å²) in [5.74, 6) is -0.380. The zero-order chi connectivity index (χ0) is 19.8. The lowest BCUT2D eigenvalue weighted by molar-refractivity contribution is -0.0299. The van der Waals surface area contributed by atoms with E-state index in [1.165, 1.54) is 24.4 Å². The predicted molar refractivity (Wildman–Crippen MR) is 99.9 cm³/mol. The molecular formula is C18H18N4O5S. The monoisotopic (exact) mass is 402 g/mol. The van der Waals surface area contributed by atoms with Crippen LogP contribution in [0.15, 0.2) is 41.9 Å². The van der Waals surface area contributed by atoms with Crippen LogP contribution in [0.3, 0.4) is 0 Å². The summed E-state index contributed by atoms with van der Waals surface area (Å²) in [6.45, 7) is 1.69. The lowest BCUT2D eigenvalue weighted by atomic mass is 10.1. The molecule has 3 aromatic rings. The van der Waals surface area contributed by atoms with E-state index in [1.54, 1.807) is 35.8 Å². The maximum absolute atomic E-state index is 10.9. The van der Waals surface area contributed by atoms with Crippen LogP contribution in [0.4, 0.5) is 0 Å². The minimum atomic E-state index is -1.08. The molecule has 10 heteroatoms. The van der Waals surface area contributed by atoms with Crippen LogP contribution in [-0.2, 0) is 10.5 Å². The van der Waals surface area contributed by atoms with Gasteiger partial charge in [-0.1, -0.05) is 23.9 Å². The van der Waals surface area contributed by atoms with Gasteiger partial charge in [0, 0.05) is 5.75 Å². The molecule has 0 aliphatic carbocycles. The van der Waals surface area contributed by atoms with Crippen LogP contribution in [0.25, 0.3) is 11.2 Å². The van der Waals surface area contributed by atoms with E-state index in [-0.39, 0.29) is 5.56 Å². The van der Waals surface area contributed by atoms with E-state index in [9.17, 15) is 15.0 Å². The number of carboxylic acid groups (broad SMARTS) is 1. The van der Waals surface area contributed by atoms with E-state index in [1.807, 2.05) is 0 Å². The molecule has 1 saturated heterocycles. The van der Waals surface area contributed by atoms with Gasteiger partial charge in [0.05, 0.1) is 18.0 Å². The Morgan fingerprint density at radius 1 is 1.18 bits per heavy atom. The number of aromatic nitrogens is 4. The summed E-state index contributed by atoms with van der Waals surface area (Å²) in [4.78, 5) is 23.8. The van der Waals surface area contributed by atoms with Crippen molar-refractivity contribution in [1.82, 2.24) is 19.5 Å². The number of ether oxygens (including phenoxy) is 1. The fourth-order valence-corrected chi connectivity index (χ4v) is 3.97. The fraction of sp³-hybridized carbons (Fsp3) is 0.333. The van der Waals surface area contributed by atoms with Gasteiger partial charge in [-0.2, -0.15) is 0 Å². The highest BCUT2D eigenvalue weighted by molar-refractivity contribution is 7.98. The highest BCUT2D eigenvalue weighted by atomic mass is 32.2. The molecule has 1 fully saturated rings. The summed E-state index contributed by atoms with van der Waals surface area (Å²) in [7, 11) is 0. The van der Waals surface area contributed by atoms with E-state index in [0.29, 0.717) is 21.9 Å². The van der Waals surface area contributed by atoms with Crippen molar-refractivity contribution < 1.29 is 24.9 Å².